The summed E-state index contributed by atoms with van der Waals surface area (Å²) < 4.78 is 45.3. The summed E-state index contributed by atoms with van der Waals surface area (Å²) in [6.07, 6.45) is -3.95. The van der Waals surface area contributed by atoms with Crippen LogP contribution in [0, 0.1) is 0 Å². The van der Waals surface area contributed by atoms with Crippen molar-refractivity contribution in [2.45, 2.75) is 19.3 Å². The number of hydrogen-bond donors (Lipinski definition) is 2. The second kappa shape index (κ2) is 8.98. The van der Waals surface area contributed by atoms with Gasteiger partial charge in [0, 0.05) is 6.54 Å². The maximum Gasteiger partial charge on any atom is 0.573 e. The fraction of sp³-hybridized carbons (Fsp3) is 0.278. The first kappa shape index (κ1) is 19.4. The van der Waals surface area contributed by atoms with Crippen molar-refractivity contribution in [3.63, 3.8) is 0 Å². The number of halogens is 3. The molecule has 0 saturated carbocycles. The van der Waals surface area contributed by atoms with Gasteiger partial charge >= 0.3 is 6.36 Å². The Morgan fingerprint density at radius 2 is 1.81 bits per heavy atom. The number of aliphatic imine (C=N–C) groups is 1. The Morgan fingerprint density at radius 1 is 1.08 bits per heavy atom. The lowest BCUT2D eigenvalue weighted by Gasteiger charge is -2.09. The molecule has 0 unspecified atom stereocenters. The molecular formula is C18H20F3N3O2. The molecule has 8 heteroatoms. The van der Waals surface area contributed by atoms with E-state index >= 15 is 0 Å². The Kier molecular flexibility index (Phi) is 6.71. The Balaban J connectivity index is 1.78. The average Bonchev–Trinajstić information content (AvgIpc) is 2.60. The normalized spacial score (nSPS) is 11.9. The molecule has 2 rings (SSSR count). The number of hydrogen-bond acceptors (Lipinski definition) is 3. The minimum atomic E-state index is -4.70. The summed E-state index contributed by atoms with van der Waals surface area (Å²) in [5.41, 5.74) is 7.62. The molecule has 0 aliphatic rings. The number of rotatable bonds is 7. The topological polar surface area (TPSA) is 68.9 Å². The van der Waals surface area contributed by atoms with Crippen molar-refractivity contribution in [3.05, 3.63) is 59.7 Å². The van der Waals surface area contributed by atoms with Crippen molar-refractivity contribution in [1.82, 2.24) is 5.32 Å². The number of alkyl halides is 3. The summed E-state index contributed by atoms with van der Waals surface area (Å²) in [6, 6.07) is 13.2. The van der Waals surface area contributed by atoms with Crippen LogP contribution in [0.3, 0.4) is 0 Å². The highest BCUT2D eigenvalue weighted by molar-refractivity contribution is 5.77. The summed E-state index contributed by atoms with van der Waals surface area (Å²) in [5.74, 6) is 0.792. The first-order valence-electron chi connectivity index (χ1n) is 7.87. The zero-order valence-corrected chi connectivity index (χ0v) is 14.2. The average molecular weight is 367 g/mol. The third-order valence-corrected chi connectivity index (χ3v) is 3.44. The maximum atomic E-state index is 12.1. The molecule has 0 aromatic heterocycles. The number of benzene rings is 2. The fourth-order valence-electron chi connectivity index (χ4n) is 2.19. The van der Waals surface area contributed by atoms with E-state index < -0.39 is 6.36 Å². The van der Waals surface area contributed by atoms with Crippen molar-refractivity contribution in [2.75, 3.05) is 13.7 Å². The van der Waals surface area contributed by atoms with Gasteiger partial charge in [0.15, 0.2) is 5.96 Å². The van der Waals surface area contributed by atoms with Crippen LogP contribution < -0.4 is 20.5 Å². The molecule has 0 fully saturated rings. The molecule has 0 aliphatic heterocycles. The minimum Gasteiger partial charge on any atom is -0.497 e. The van der Waals surface area contributed by atoms with Crippen LogP contribution in [-0.4, -0.2) is 26.0 Å². The molecule has 0 radical (unpaired) electrons. The van der Waals surface area contributed by atoms with Gasteiger partial charge in [0.05, 0.1) is 13.7 Å². The van der Waals surface area contributed by atoms with Crippen molar-refractivity contribution in [1.29, 1.82) is 0 Å². The first-order valence-corrected chi connectivity index (χ1v) is 7.87. The quantitative estimate of drug-likeness (QED) is 0.582. The summed E-state index contributed by atoms with van der Waals surface area (Å²) in [6.45, 7) is 0.852. The zero-order valence-electron chi connectivity index (χ0n) is 14.2. The lowest BCUT2D eigenvalue weighted by molar-refractivity contribution is -0.274. The number of nitrogens with zero attached hydrogens (tertiary/aromatic N) is 1. The molecule has 5 nitrogen and oxygen atoms in total. The van der Waals surface area contributed by atoms with Gasteiger partial charge in [-0.2, -0.15) is 0 Å². The van der Waals surface area contributed by atoms with E-state index in [0.29, 0.717) is 6.54 Å². The van der Waals surface area contributed by atoms with E-state index in [-0.39, 0.29) is 18.3 Å². The molecule has 0 heterocycles. The van der Waals surface area contributed by atoms with Gasteiger partial charge in [-0.25, -0.2) is 4.99 Å². The molecule has 0 saturated heterocycles. The SMILES string of the molecule is COc1cccc(CCNC(N)=NCc2ccc(OC(F)(F)F)cc2)c1. The van der Waals surface area contributed by atoms with Crippen LogP contribution in [0.1, 0.15) is 11.1 Å². The fourth-order valence-corrected chi connectivity index (χ4v) is 2.19. The molecule has 2 aromatic carbocycles. The molecule has 26 heavy (non-hydrogen) atoms. The third-order valence-electron chi connectivity index (χ3n) is 3.44. The molecule has 0 aliphatic carbocycles. The summed E-state index contributed by atoms with van der Waals surface area (Å²) in [7, 11) is 1.61. The highest BCUT2D eigenvalue weighted by atomic mass is 19.4. The van der Waals surface area contributed by atoms with Crippen LogP contribution >= 0.6 is 0 Å². The van der Waals surface area contributed by atoms with Crippen molar-refractivity contribution >= 4 is 5.96 Å². The summed E-state index contributed by atoms with van der Waals surface area (Å²) >= 11 is 0. The highest BCUT2D eigenvalue weighted by Crippen LogP contribution is 2.22. The van der Waals surface area contributed by atoms with Gasteiger partial charge in [0.25, 0.3) is 0 Å². The van der Waals surface area contributed by atoms with Gasteiger partial charge in [-0.3, -0.25) is 0 Å². The van der Waals surface area contributed by atoms with Gasteiger partial charge in [0.1, 0.15) is 11.5 Å². The third kappa shape index (κ3) is 6.92. The van der Waals surface area contributed by atoms with E-state index in [1.165, 1.54) is 24.3 Å². The van der Waals surface area contributed by atoms with Gasteiger partial charge in [-0.15, -0.1) is 13.2 Å². The predicted molar refractivity (Wildman–Crippen MR) is 93.2 cm³/mol. The lowest BCUT2D eigenvalue weighted by Crippen LogP contribution is -2.33. The molecule has 2 aromatic rings. The lowest BCUT2D eigenvalue weighted by atomic mass is 10.1. The second-order valence-corrected chi connectivity index (χ2v) is 5.42. The van der Waals surface area contributed by atoms with Crippen LogP contribution in [0.2, 0.25) is 0 Å². The van der Waals surface area contributed by atoms with Crippen LogP contribution in [0.5, 0.6) is 11.5 Å². The molecule has 0 amide bonds. The summed E-state index contributed by atoms with van der Waals surface area (Å²) in [4.78, 5) is 4.16. The van der Waals surface area contributed by atoms with Crippen LogP contribution in [0.4, 0.5) is 13.2 Å². The Bertz CT molecular complexity index is 731. The number of methoxy groups -OCH3 is 1. The standard InChI is InChI=1S/C18H20F3N3O2/c1-25-16-4-2-3-13(11-16)9-10-23-17(22)24-12-14-5-7-15(8-6-14)26-18(19,20)21/h2-8,11H,9-10,12H2,1H3,(H3,22,23,24). The molecule has 140 valence electrons. The Morgan fingerprint density at radius 3 is 2.46 bits per heavy atom. The molecule has 0 atom stereocenters. The second-order valence-electron chi connectivity index (χ2n) is 5.42. The smallest absolute Gasteiger partial charge is 0.497 e. The highest BCUT2D eigenvalue weighted by Gasteiger charge is 2.30. The maximum absolute atomic E-state index is 12.1. The van der Waals surface area contributed by atoms with E-state index in [0.717, 1.165) is 23.3 Å². The van der Waals surface area contributed by atoms with E-state index in [2.05, 4.69) is 15.0 Å². The van der Waals surface area contributed by atoms with E-state index in [9.17, 15) is 13.2 Å². The van der Waals surface area contributed by atoms with Crippen molar-refractivity contribution in [2.24, 2.45) is 10.7 Å². The van der Waals surface area contributed by atoms with E-state index in [1.807, 2.05) is 24.3 Å². The number of guanidine groups is 1. The van der Waals surface area contributed by atoms with Gasteiger partial charge in [-0.1, -0.05) is 24.3 Å². The Hall–Kier alpha value is -2.90. The van der Waals surface area contributed by atoms with Crippen molar-refractivity contribution in [3.8, 4) is 11.5 Å². The van der Waals surface area contributed by atoms with Crippen LogP contribution in [-0.2, 0) is 13.0 Å². The van der Waals surface area contributed by atoms with E-state index in [1.54, 1.807) is 7.11 Å². The Labute approximate surface area is 149 Å². The van der Waals surface area contributed by atoms with Crippen LogP contribution in [0.25, 0.3) is 0 Å². The number of nitrogens with two attached hydrogens (primary N) is 1. The van der Waals surface area contributed by atoms with Crippen LogP contribution in [0.15, 0.2) is 53.5 Å². The zero-order chi connectivity index (χ0) is 19.0. The minimum absolute atomic E-state index is 0.254. The molecule has 3 N–H and O–H groups in total. The van der Waals surface area contributed by atoms with Gasteiger partial charge in [-0.05, 0) is 41.8 Å². The number of ether oxygens (including phenoxy) is 2. The molecule has 0 spiro atoms. The molecular weight excluding hydrogens is 347 g/mol. The van der Waals surface area contributed by atoms with E-state index in [4.69, 9.17) is 10.5 Å². The van der Waals surface area contributed by atoms with Gasteiger partial charge < -0.3 is 20.5 Å². The largest absolute Gasteiger partial charge is 0.573 e. The van der Waals surface area contributed by atoms with Crippen molar-refractivity contribution < 1.29 is 22.6 Å². The van der Waals surface area contributed by atoms with Gasteiger partial charge in [0.2, 0.25) is 0 Å². The predicted octanol–water partition coefficient (Wildman–Crippen LogP) is 3.24. The monoisotopic (exact) mass is 367 g/mol. The number of nitrogens with one attached hydrogen (secondary N) is 1. The summed E-state index contributed by atoms with van der Waals surface area (Å²) in [5, 5.41) is 2.99. The first-order chi connectivity index (χ1) is 12.4. The molecule has 0 bridgehead atoms.